The molecule has 0 spiro atoms. The lowest BCUT2D eigenvalue weighted by Crippen LogP contribution is -2.25. The summed E-state index contributed by atoms with van der Waals surface area (Å²) >= 11 is 0. The van der Waals surface area contributed by atoms with Crippen LogP contribution in [0.4, 0.5) is 5.69 Å². The molecule has 1 aliphatic rings. The number of aromatic nitrogens is 5. The smallest absolute Gasteiger partial charge is 0.276 e. The Morgan fingerprint density at radius 3 is 3.23 bits per heavy atom. The maximum atomic E-state index is 12.5. The van der Waals surface area contributed by atoms with Crippen molar-refractivity contribution in [2.24, 2.45) is 0 Å². The maximum Gasteiger partial charge on any atom is 0.276 e. The average molecular weight is 353 g/mol. The van der Waals surface area contributed by atoms with E-state index < -0.39 is 0 Å². The Bertz CT molecular complexity index is 888. The molecule has 9 heteroatoms. The maximum absolute atomic E-state index is 12.5. The van der Waals surface area contributed by atoms with Crippen molar-refractivity contribution in [2.45, 2.75) is 19.5 Å². The molecule has 26 heavy (non-hydrogen) atoms. The van der Waals surface area contributed by atoms with Gasteiger partial charge in [0.1, 0.15) is 25.0 Å². The van der Waals surface area contributed by atoms with E-state index in [1.54, 1.807) is 17.1 Å². The molecule has 9 nitrogen and oxygen atoms in total. The summed E-state index contributed by atoms with van der Waals surface area (Å²) < 4.78 is 7.41. The Morgan fingerprint density at radius 1 is 1.38 bits per heavy atom. The van der Waals surface area contributed by atoms with Crippen LogP contribution in [0.15, 0.2) is 36.9 Å². The highest BCUT2D eigenvalue weighted by atomic mass is 16.5. The van der Waals surface area contributed by atoms with Crippen molar-refractivity contribution in [1.29, 1.82) is 0 Å². The molecule has 3 heterocycles. The van der Waals surface area contributed by atoms with Gasteiger partial charge in [0, 0.05) is 42.5 Å². The minimum Gasteiger partial charge on any atom is -0.492 e. The van der Waals surface area contributed by atoms with Crippen LogP contribution in [-0.2, 0) is 19.5 Å². The van der Waals surface area contributed by atoms with Gasteiger partial charge in [-0.1, -0.05) is 6.07 Å². The molecule has 1 aromatic carbocycles. The van der Waals surface area contributed by atoms with Gasteiger partial charge in [0.2, 0.25) is 0 Å². The summed E-state index contributed by atoms with van der Waals surface area (Å²) in [5.74, 6) is 0.444. The fraction of sp³-hybridized carbons (Fsp3) is 0.294. The van der Waals surface area contributed by atoms with Crippen LogP contribution in [0.3, 0.4) is 0 Å². The van der Waals surface area contributed by atoms with Gasteiger partial charge >= 0.3 is 0 Å². The minimum atomic E-state index is -0.231. The summed E-state index contributed by atoms with van der Waals surface area (Å²) in [6, 6.07) is 7.29. The molecule has 0 atom stereocenters. The summed E-state index contributed by atoms with van der Waals surface area (Å²) in [6.07, 6.45) is 3.98. The zero-order valence-corrected chi connectivity index (χ0v) is 14.1. The van der Waals surface area contributed by atoms with Crippen LogP contribution in [0.5, 0.6) is 5.75 Å². The van der Waals surface area contributed by atoms with Crippen LogP contribution in [-0.4, -0.2) is 44.0 Å². The number of carbonyl (C=O) groups excluding carboxylic acids is 1. The van der Waals surface area contributed by atoms with Gasteiger partial charge in [0.25, 0.3) is 5.91 Å². The molecule has 0 saturated heterocycles. The van der Waals surface area contributed by atoms with E-state index in [-0.39, 0.29) is 5.91 Å². The van der Waals surface area contributed by atoms with E-state index in [1.807, 2.05) is 18.2 Å². The molecule has 0 radical (unpaired) electrons. The number of H-pyrrole nitrogens is 1. The first kappa shape index (κ1) is 16.3. The molecule has 0 aliphatic carbocycles. The monoisotopic (exact) mass is 353 g/mol. The standard InChI is InChI=1S/C17H19N7O2/c25-17(16-14-9-18-5-4-15(14)22-23-16)21-12-2-1-3-13(8-12)26-7-6-24-11-19-10-20-24/h1-3,8,10-11,18H,4-7,9H2,(H,21,25)(H,22,23). The first-order valence-corrected chi connectivity index (χ1v) is 8.43. The molecule has 1 aliphatic heterocycles. The van der Waals surface area contributed by atoms with E-state index >= 15 is 0 Å². The van der Waals surface area contributed by atoms with Gasteiger partial charge in [-0.3, -0.25) is 9.89 Å². The van der Waals surface area contributed by atoms with E-state index in [0.29, 0.717) is 36.8 Å². The van der Waals surface area contributed by atoms with Crippen LogP contribution in [0.2, 0.25) is 0 Å². The van der Waals surface area contributed by atoms with E-state index in [9.17, 15) is 4.79 Å². The second-order valence-electron chi connectivity index (χ2n) is 5.95. The van der Waals surface area contributed by atoms with E-state index in [2.05, 4.69) is 30.9 Å². The molecular formula is C17H19N7O2. The van der Waals surface area contributed by atoms with Crippen molar-refractivity contribution in [1.82, 2.24) is 30.3 Å². The lowest BCUT2D eigenvalue weighted by atomic mass is 10.1. The number of carbonyl (C=O) groups is 1. The van der Waals surface area contributed by atoms with Gasteiger partial charge < -0.3 is 15.4 Å². The van der Waals surface area contributed by atoms with Crippen LogP contribution in [0.25, 0.3) is 0 Å². The molecule has 0 saturated carbocycles. The number of amides is 1. The lowest BCUT2D eigenvalue weighted by Gasteiger charge is -2.13. The molecule has 0 fully saturated rings. The van der Waals surface area contributed by atoms with Crippen LogP contribution in [0, 0.1) is 0 Å². The van der Waals surface area contributed by atoms with E-state index in [1.165, 1.54) is 6.33 Å². The highest BCUT2D eigenvalue weighted by molar-refractivity contribution is 6.04. The third-order valence-corrected chi connectivity index (χ3v) is 4.17. The van der Waals surface area contributed by atoms with Crippen molar-refractivity contribution < 1.29 is 9.53 Å². The largest absolute Gasteiger partial charge is 0.492 e. The lowest BCUT2D eigenvalue weighted by molar-refractivity contribution is 0.102. The Balaban J connectivity index is 1.38. The zero-order valence-electron chi connectivity index (χ0n) is 14.1. The first-order chi connectivity index (χ1) is 12.8. The highest BCUT2D eigenvalue weighted by Crippen LogP contribution is 2.20. The van der Waals surface area contributed by atoms with Gasteiger partial charge in [-0.15, -0.1) is 0 Å². The quantitative estimate of drug-likeness (QED) is 0.609. The fourth-order valence-corrected chi connectivity index (χ4v) is 2.87. The predicted octanol–water partition coefficient (Wildman–Crippen LogP) is 0.978. The number of aromatic amines is 1. The number of fused-ring (bicyclic) bond motifs is 1. The number of hydrogen-bond acceptors (Lipinski definition) is 6. The topological polar surface area (TPSA) is 110 Å². The van der Waals surface area contributed by atoms with Crippen molar-refractivity contribution in [3.63, 3.8) is 0 Å². The van der Waals surface area contributed by atoms with Gasteiger partial charge in [-0.25, -0.2) is 9.67 Å². The van der Waals surface area contributed by atoms with Gasteiger partial charge in [-0.05, 0) is 12.1 Å². The molecule has 3 aromatic rings. The number of nitrogens with one attached hydrogen (secondary N) is 3. The summed E-state index contributed by atoms with van der Waals surface area (Å²) in [4.78, 5) is 16.4. The number of benzene rings is 1. The van der Waals surface area contributed by atoms with Crippen molar-refractivity contribution in [2.75, 3.05) is 18.5 Å². The molecule has 4 rings (SSSR count). The van der Waals surface area contributed by atoms with Gasteiger partial charge in [-0.2, -0.15) is 10.2 Å². The summed E-state index contributed by atoms with van der Waals surface area (Å²) in [5, 5.41) is 17.3. The van der Waals surface area contributed by atoms with Crippen LogP contribution < -0.4 is 15.4 Å². The number of nitrogens with zero attached hydrogens (tertiary/aromatic N) is 4. The van der Waals surface area contributed by atoms with Crippen molar-refractivity contribution in [3.05, 3.63) is 53.9 Å². The van der Waals surface area contributed by atoms with Crippen molar-refractivity contribution in [3.8, 4) is 5.75 Å². The second kappa shape index (κ2) is 7.36. The predicted molar refractivity (Wildman–Crippen MR) is 93.9 cm³/mol. The Morgan fingerprint density at radius 2 is 2.35 bits per heavy atom. The fourth-order valence-electron chi connectivity index (χ4n) is 2.87. The number of anilines is 1. The van der Waals surface area contributed by atoms with Crippen LogP contribution in [0.1, 0.15) is 21.7 Å². The Kier molecular flexibility index (Phi) is 4.61. The minimum absolute atomic E-state index is 0.231. The molecule has 0 bridgehead atoms. The molecule has 2 aromatic heterocycles. The zero-order chi connectivity index (χ0) is 17.8. The number of hydrogen-bond donors (Lipinski definition) is 3. The summed E-state index contributed by atoms with van der Waals surface area (Å²) in [7, 11) is 0. The third kappa shape index (κ3) is 3.57. The van der Waals surface area contributed by atoms with E-state index in [4.69, 9.17) is 4.74 Å². The first-order valence-electron chi connectivity index (χ1n) is 8.43. The van der Waals surface area contributed by atoms with E-state index in [0.717, 1.165) is 24.2 Å². The van der Waals surface area contributed by atoms with Crippen molar-refractivity contribution >= 4 is 11.6 Å². The molecular weight excluding hydrogens is 334 g/mol. The summed E-state index contributed by atoms with van der Waals surface area (Å²) in [6.45, 7) is 2.60. The van der Waals surface area contributed by atoms with Gasteiger partial charge in [0.15, 0.2) is 5.69 Å². The highest BCUT2D eigenvalue weighted by Gasteiger charge is 2.21. The van der Waals surface area contributed by atoms with Gasteiger partial charge in [0.05, 0.1) is 6.54 Å². The third-order valence-electron chi connectivity index (χ3n) is 4.17. The molecule has 3 N–H and O–H groups in total. The molecule has 0 unspecified atom stereocenters. The van der Waals surface area contributed by atoms with Crippen LogP contribution >= 0.6 is 0 Å². The normalized spacial score (nSPS) is 13.2. The second-order valence-corrected chi connectivity index (χ2v) is 5.95. The SMILES string of the molecule is O=C(Nc1cccc(OCCn2cncn2)c1)c1n[nH]c2c1CNCC2. The number of rotatable bonds is 6. The average Bonchev–Trinajstić information content (AvgIpc) is 3.31. The Labute approximate surface area is 149 Å². The Hall–Kier alpha value is -3.20. The summed E-state index contributed by atoms with van der Waals surface area (Å²) in [5.41, 5.74) is 3.06. The molecule has 134 valence electrons. The molecule has 1 amide bonds. The number of ether oxygens (including phenoxy) is 1.